The molecule has 1 unspecified atom stereocenters. The van der Waals surface area contributed by atoms with Gasteiger partial charge in [-0.25, -0.2) is 0 Å². The lowest BCUT2D eigenvalue weighted by Crippen LogP contribution is -2.35. The average Bonchev–Trinajstić information content (AvgIpc) is 2.60. The maximum absolute atomic E-state index is 13.1. The highest BCUT2D eigenvalue weighted by Gasteiger charge is 2.44. The number of aliphatic hydroxyl groups excluding tert-OH is 1. The smallest absolute Gasteiger partial charge is 0.202 e. The topological polar surface area (TPSA) is 124 Å². The first kappa shape index (κ1) is 17.5. The molecule has 0 amide bonds. The first-order valence-electron chi connectivity index (χ1n) is 8.45. The van der Waals surface area contributed by atoms with Crippen molar-refractivity contribution in [2.24, 2.45) is 0 Å². The Kier molecular flexibility index (Phi) is 3.60. The summed E-state index contributed by atoms with van der Waals surface area (Å²) in [6.07, 6.45) is -1.44. The molecular weight excluding hydrogens is 352 g/mol. The van der Waals surface area contributed by atoms with E-state index in [2.05, 4.69) is 0 Å². The highest BCUT2D eigenvalue weighted by Crippen LogP contribution is 2.50. The number of aliphatic hydroxyl groups is 2. The van der Waals surface area contributed by atoms with Crippen molar-refractivity contribution in [3.8, 4) is 17.2 Å². The normalized spacial score (nSPS) is 23.5. The van der Waals surface area contributed by atoms with Gasteiger partial charge in [-0.3, -0.25) is 9.59 Å². The fourth-order valence-corrected chi connectivity index (χ4v) is 4.13. The molecule has 0 saturated carbocycles. The summed E-state index contributed by atoms with van der Waals surface area (Å²) in [5, 5.41) is 42.2. The van der Waals surface area contributed by atoms with Gasteiger partial charge in [0.05, 0.1) is 35.5 Å². The molecule has 2 atom stereocenters. The van der Waals surface area contributed by atoms with Crippen LogP contribution in [0.3, 0.4) is 0 Å². The van der Waals surface area contributed by atoms with Crippen molar-refractivity contribution >= 4 is 11.6 Å². The summed E-state index contributed by atoms with van der Waals surface area (Å²) < 4.78 is 5.18. The second-order valence-electron chi connectivity index (χ2n) is 7.27. The number of benzene rings is 2. The van der Waals surface area contributed by atoms with Crippen molar-refractivity contribution in [1.82, 2.24) is 0 Å². The number of hydrogen-bond donors (Lipinski definition) is 4. The summed E-state index contributed by atoms with van der Waals surface area (Å²) in [7, 11) is 1.36. The molecule has 0 radical (unpaired) electrons. The van der Waals surface area contributed by atoms with E-state index in [1.165, 1.54) is 26.2 Å². The third kappa shape index (κ3) is 2.28. The number of carbonyl (C=O) groups excluding carboxylic acids is 2. The lowest BCUT2D eigenvalue weighted by Gasteiger charge is -2.35. The van der Waals surface area contributed by atoms with Crippen LogP contribution < -0.4 is 4.74 Å². The number of ether oxygens (including phenoxy) is 1. The van der Waals surface area contributed by atoms with Crippen LogP contribution in [-0.2, 0) is 6.42 Å². The Labute approximate surface area is 154 Å². The number of phenolic OH excluding ortho intramolecular Hbond substituents is 2. The maximum Gasteiger partial charge on any atom is 0.202 e. The Hall–Kier alpha value is -2.90. The average molecular weight is 370 g/mol. The van der Waals surface area contributed by atoms with E-state index in [9.17, 15) is 30.0 Å². The molecule has 0 saturated heterocycles. The number of hydrogen-bond acceptors (Lipinski definition) is 7. The number of aromatic hydroxyl groups is 2. The Balaban J connectivity index is 2.06. The molecule has 2 aromatic carbocycles. The van der Waals surface area contributed by atoms with Crippen LogP contribution in [0.1, 0.15) is 62.4 Å². The second kappa shape index (κ2) is 5.55. The third-order valence-corrected chi connectivity index (χ3v) is 5.29. The Morgan fingerprint density at radius 2 is 1.74 bits per heavy atom. The van der Waals surface area contributed by atoms with Crippen LogP contribution in [0.2, 0.25) is 0 Å². The third-order valence-electron chi connectivity index (χ3n) is 5.29. The van der Waals surface area contributed by atoms with Gasteiger partial charge in [0.15, 0.2) is 5.78 Å². The molecule has 27 heavy (non-hydrogen) atoms. The summed E-state index contributed by atoms with van der Waals surface area (Å²) in [6.45, 7) is 1.49. The summed E-state index contributed by atoms with van der Waals surface area (Å²) in [5.74, 6) is -2.16. The predicted octanol–water partition coefficient (Wildman–Crippen LogP) is 1.61. The number of carbonyl (C=O) groups is 2. The first-order chi connectivity index (χ1) is 12.7. The van der Waals surface area contributed by atoms with Crippen LogP contribution in [0.4, 0.5) is 0 Å². The molecule has 7 heteroatoms. The van der Waals surface area contributed by atoms with Crippen LogP contribution >= 0.6 is 0 Å². The molecule has 0 spiro atoms. The van der Waals surface area contributed by atoms with E-state index in [0.717, 1.165) is 0 Å². The number of fused-ring (bicyclic) bond motifs is 3. The zero-order valence-electron chi connectivity index (χ0n) is 14.7. The lowest BCUT2D eigenvalue weighted by atomic mass is 9.73. The maximum atomic E-state index is 13.1. The summed E-state index contributed by atoms with van der Waals surface area (Å²) in [4.78, 5) is 26.1. The lowest BCUT2D eigenvalue weighted by molar-refractivity contribution is -0.00904. The van der Waals surface area contributed by atoms with Crippen molar-refractivity contribution in [3.63, 3.8) is 0 Å². The molecule has 0 heterocycles. The van der Waals surface area contributed by atoms with E-state index < -0.39 is 34.8 Å². The second-order valence-corrected chi connectivity index (χ2v) is 7.27. The Morgan fingerprint density at radius 3 is 2.41 bits per heavy atom. The largest absolute Gasteiger partial charge is 0.507 e. The molecule has 0 aromatic heterocycles. The fourth-order valence-electron chi connectivity index (χ4n) is 4.13. The minimum atomic E-state index is -1.33. The van der Waals surface area contributed by atoms with Crippen LogP contribution in [0, 0.1) is 0 Å². The van der Waals surface area contributed by atoms with Crippen LogP contribution in [0.5, 0.6) is 17.2 Å². The monoisotopic (exact) mass is 370 g/mol. The van der Waals surface area contributed by atoms with Crippen LogP contribution in [0.25, 0.3) is 0 Å². The fraction of sp³-hybridized carbons (Fsp3) is 0.300. The van der Waals surface area contributed by atoms with Crippen LogP contribution in [-0.4, -0.2) is 44.7 Å². The molecule has 7 nitrogen and oxygen atoms in total. The molecular formula is C20H18O7. The zero-order chi connectivity index (χ0) is 19.7. The van der Waals surface area contributed by atoms with E-state index >= 15 is 0 Å². The van der Waals surface area contributed by atoms with E-state index in [1.54, 1.807) is 6.07 Å². The van der Waals surface area contributed by atoms with E-state index in [4.69, 9.17) is 4.74 Å². The van der Waals surface area contributed by atoms with Crippen molar-refractivity contribution in [2.45, 2.75) is 31.5 Å². The molecule has 0 aliphatic heterocycles. The van der Waals surface area contributed by atoms with Gasteiger partial charge in [0.2, 0.25) is 5.78 Å². The molecule has 2 aliphatic rings. The number of rotatable bonds is 1. The molecule has 0 fully saturated rings. The standard InChI is InChI=1S/C20H18O7/c1-20(26)6-9-12(10(21)7-20)18(24)15-14(17(9)23)16(22)8-4-3-5-11(27-2)13(8)19(15)25/h3-5,10,21,23-24,26H,6-7H2,1-2H3/t10?,20-/m0/s1. The first-order valence-corrected chi connectivity index (χ1v) is 8.45. The van der Waals surface area contributed by atoms with Gasteiger partial charge in [0.25, 0.3) is 0 Å². The number of phenols is 2. The minimum absolute atomic E-state index is 0.00412. The molecule has 140 valence electrons. The van der Waals surface area contributed by atoms with Gasteiger partial charge in [-0.2, -0.15) is 0 Å². The van der Waals surface area contributed by atoms with Gasteiger partial charge < -0.3 is 25.2 Å². The van der Waals surface area contributed by atoms with E-state index in [-0.39, 0.29) is 52.0 Å². The SMILES string of the molecule is COc1cccc2c1C(=O)c1c(O)c3c(c(O)c1C2=O)C[C@](C)(O)CC3O. The van der Waals surface area contributed by atoms with Crippen molar-refractivity contribution in [1.29, 1.82) is 0 Å². The summed E-state index contributed by atoms with van der Waals surface area (Å²) >= 11 is 0. The van der Waals surface area contributed by atoms with Gasteiger partial charge in [-0.15, -0.1) is 0 Å². The molecule has 4 N–H and O–H groups in total. The Morgan fingerprint density at radius 1 is 1.07 bits per heavy atom. The molecule has 2 aliphatic carbocycles. The van der Waals surface area contributed by atoms with Gasteiger partial charge in [-0.05, 0) is 13.0 Å². The van der Waals surface area contributed by atoms with Gasteiger partial charge in [0, 0.05) is 29.5 Å². The molecule has 2 aromatic rings. The van der Waals surface area contributed by atoms with Gasteiger partial charge in [-0.1, -0.05) is 12.1 Å². The quantitative estimate of drug-likeness (QED) is 0.480. The number of ketones is 2. The minimum Gasteiger partial charge on any atom is -0.507 e. The number of methoxy groups -OCH3 is 1. The zero-order valence-corrected chi connectivity index (χ0v) is 14.7. The van der Waals surface area contributed by atoms with Crippen LogP contribution in [0.15, 0.2) is 18.2 Å². The highest BCUT2D eigenvalue weighted by molar-refractivity contribution is 6.31. The molecule has 4 rings (SSSR count). The highest BCUT2D eigenvalue weighted by atomic mass is 16.5. The predicted molar refractivity (Wildman–Crippen MR) is 93.5 cm³/mol. The van der Waals surface area contributed by atoms with Crippen molar-refractivity contribution in [3.05, 3.63) is 51.6 Å². The van der Waals surface area contributed by atoms with Crippen molar-refractivity contribution in [2.75, 3.05) is 7.11 Å². The Bertz CT molecular complexity index is 1020. The van der Waals surface area contributed by atoms with Crippen molar-refractivity contribution < 1.29 is 34.8 Å². The summed E-state index contributed by atoms with van der Waals surface area (Å²) in [6, 6.07) is 4.52. The van der Waals surface area contributed by atoms with E-state index in [1.807, 2.05) is 0 Å². The van der Waals surface area contributed by atoms with E-state index in [0.29, 0.717) is 0 Å². The van der Waals surface area contributed by atoms with Gasteiger partial charge >= 0.3 is 0 Å². The van der Waals surface area contributed by atoms with Gasteiger partial charge in [0.1, 0.15) is 17.2 Å². The summed E-state index contributed by atoms with van der Waals surface area (Å²) in [5.41, 5.74) is -1.89. The molecule has 0 bridgehead atoms.